The first-order chi connectivity index (χ1) is 15.2. The summed E-state index contributed by atoms with van der Waals surface area (Å²) in [5.74, 6) is 0.517. The van der Waals surface area contributed by atoms with Gasteiger partial charge in [0.2, 0.25) is 0 Å². The van der Waals surface area contributed by atoms with Crippen molar-refractivity contribution in [3.05, 3.63) is 81.9 Å². The predicted octanol–water partition coefficient (Wildman–Crippen LogP) is 8.04. The molecule has 0 fully saturated rings. The van der Waals surface area contributed by atoms with Gasteiger partial charge in [-0.05, 0) is 53.8 Å². The number of ether oxygens (including phenoxy) is 1. The Morgan fingerprint density at radius 1 is 0.812 bits per heavy atom. The van der Waals surface area contributed by atoms with Crippen molar-refractivity contribution < 1.29 is 9.66 Å². The van der Waals surface area contributed by atoms with E-state index in [2.05, 4.69) is 53.4 Å². The average Bonchev–Trinajstić information content (AvgIpc) is 2.77. The third-order valence-electron chi connectivity index (χ3n) is 4.84. The molecule has 8 heteroatoms. The Hall–Kier alpha value is -3.94. The fourth-order valence-corrected chi connectivity index (χ4v) is 2.90. The minimum Gasteiger partial charge on any atom is -0.494 e. The molecule has 0 aliphatic rings. The maximum Gasteiger partial charge on any atom is 0.269 e. The topological polar surface area (TPSA) is 102 Å². The van der Waals surface area contributed by atoms with Crippen molar-refractivity contribution in [3.8, 4) is 5.75 Å². The Bertz CT molecular complexity index is 1160. The molecule has 0 heterocycles. The highest BCUT2D eigenvalue weighted by atomic mass is 16.6. The van der Waals surface area contributed by atoms with Crippen LogP contribution in [0.4, 0.5) is 28.4 Å². The smallest absolute Gasteiger partial charge is 0.269 e. The molecule has 164 valence electrons. The van der Waals surface area contributed by atoms with Gasteiger partial charge in [-0.1, -0.05) is 32.9 Å². The van der Waals surface area contributed by atoms with Gasteiger partial charge in [0.25, 0.3) is 5.69 Å². The predicted molar refractivity (Wildman–Crippen MR) is 124 cm³/mol. The Kier molecular flexibility index (Phi) is 6.73. The van der Waals surface area contributed by atoms with Crippen LogP contribution in [0.1, 0.15) is 31.9 Å². The van der Waals surface area contributed by atoms with Crippen molar-refractivity contribution in [1.82, 2.24) is 0 Å². The monoisotopic (exact) mass is 431 g/mol. The zero-order chi connectivity index (χ0) is 23.3. The molecule has 0 aliphatic carbocycles. The van der Waals surface area contributed by atoms with Crippen LogP contribution in [-0.4, -0.2) is 12.0 Å². The molecule has 0 saturated carbocycles. The summed E-state index contributed by atoms with van der Waals surface area (Å²) in [7, 11) is 1.55. The van der Waals surface area contributed by atoms with E-state index in [9.17, 15) is 10.1 Å². The van der Waals surface area contributed by atoms with Crippen molar-refractivity contribution in [1.29, 1.82) is 0 Å². The average molecular weight is 431 g/mol. The van der Waals surface area contributed by atoms with Crippen molar-refractivity contribution in [3.63, 3.8) is 0 Å². The maximum atomic E-state index is 10.8. The summed E-state index contributed by atoms with van der Waals surface area (Å²) in [4.78, 5) is 10.3. The van der Waals surface area contributed by atoms with Crippen LogP contribution in [0.25, 0.3) is 0 Å². The molecule has 3 rings (SSSR count). The number of methoxy groups -OCH3 is 1. The summed E-state index contributed by atoms with van der Waals surface area (Å²) >= 11 is 0. The molecule has 0 aliphatic heterocycles. The molecule has 0 unspecified atom stereocenters. The summed E-state index contributed by atoms with van der Waals surface area (Å²) in [5.41, 5.74) is 4.60. The van der Waals surface area contributed by atoms with Crippen LogP contribution in [0, 0.1) is 17.0 Å². The normalized spacial score (nSPS) is 11.9. The number of nitro benzene ring substituents is 1. The van der Waals surface area contributed by atoms with Gasteiger partial charge in [-0.25, -0.2) is 0 Å². The Balaban J connectivity index is 1.81. The van der Waals surface area contributed by atoms with E-state index < -0.39 is 4.92 Å². The van der Waals surface area contributed by atoms with Gasteiger partial charge >= 0.3 is 0 Å². The van der Waals surface area contributed by atoms with Crippen molar-refractivity contribution >= 4 is 28.4 Å². The lowest BCUT2D eigenvalue weighted by atomic mass is 9.87. The first-order valence-electron chi connectivity index (χ1n) is 10.0. The quantitative estimate of drug-likeness (QED) is 0.224. The number of hydrogen-bond acceptors (Lipinski definition) is 7. The van der Waals surface area contributed by atoms with Gasteiger partial charge in [-0.2, -0.15) is 15.3 Å². The van der Waals surface area contributed by atoms with Crippen LogP contribution in [0.5, 0.6) is 5.75 Å². The molecule has 0 spiro atoms. The highest BCUT2D eigenvalue weighted by Crippen LogP contribution is 2.36. The van der Waals surface area contributed by atoms with Crippen molar-refractivity contribution in [2.75, 3.05) is 7.11 Å². The van der Waals surface area contributed by atoms with Crippen LogP contribution in [0.15, 0.2) is 81.1 Å². The number of nitrogens with zero attached hydrogens (tertiary/aromatic N) is 5. The molecule has 0 saturated heterocycles. The van der Waals surface area contributed by atoms with Gasteiger partial charge in [0.15, 0.2) is 0 Å². The Labute approximate surface area is 186 Å². The van der Waals surface area contributed by atoms with Crippen LogP contribution in [0.3, 0.4) is 0 Å². The molecule has 3 aromatic rings. The largest absolute Gasteiger partial charge is 0.494 e. The number of non-ortho nitro benzene ring substituents is 1. The SMILES string of the molecule is COc1cc(N=Nc2ccc([N+](=O)[O-])cc2)c(C)cc1N=Nc1ccc(C(C)(C)C)cc1. The maximum absolute atomic E-state index is 10.8. The minimum absolute atomic E-state index is 0.00422. The van der Waals surface area contributed by atoms with E-state index in [-0.39, 0.29) is 11.1 Å². The van der Waals surface area contributed by atoms with E-state index in [1.54, 1.807) is 25.3 Å². The highest BCUT2D eigenvalue weighted by molar-refractivity contribution is 5.63. The Morgan fingerprint density at radius 2 is 1.34 bits per heavy atom. The van der Waals surface area contributed by atoms with Crippen LogP contribution < -0.4 is 4.74 Å². The third-order valence-corrected chi connectivity index (χ3v) is 4.84. The molecule has 0 amide bonds. The number of rotatable bonds is 6. The second-order valence-electron chi connectivity index (χ2n) is 8.28. The molecule has 0 radical (unpaired) electrons. The third kappa shape index (κ3) is 5.60. The summed E-state index contributed by atoms with van der Waals surface area (Å²) in [6.45, 7) is 8.38. The van der Waals surface area contributed by atoms with Gasteiger partial charge in [-0.15, -0.1) is 5.11 Å². The second kappa shape index (κ2) is 9.47. The summed E-state index contributed by atoms with van der Waals surface area (Å²) in [6, 6.07) is 17.4. The fourth-order valence-electron chi connectivity index (χ4n) is 2.90. The zero-order valence-electron chi connectivity index (χ0n) is 18.7. The van der Waals surface area contributed by atoms with E-state index >= 15 is 0 Å². The molecule has 0 N–H and O–H groups in total. The standard InChI is InChI=1S/C24H25N5O3/c1-16-14-22(28-26-18-8-6-17(7-9-18)24(2,3)4)23(32-5)15-21(16)27-25-19-10-12-20(13-11-19)29(30)31/h6-15H,1-5H3. The molecular formula is C24H25N5O3. The van der Waals surface area contributed by atoms with E-state index in [0.717, 1.165) is 11.3 Å². The number of benzene rings is 3. The molecular weight excluding hydrogens is 406 g/mol. The molecule has 3 aromatic carbocycles. The summed E-state index contributed by atoms with van der Waals surface area (Å²) in [5, 5.41) is 27.8. The fraction of sp³-hybridized carbons (Fsp3) is 0.250. The first-order valence-corrected chi connectivity index (χ1v) is 10.0. The molecule has 0 bridgehead atoms. The number of hydrogen-bond donors (Lipinski definition) is 0. The number of nitro groups is 1. The van der Waals surface area contributed by atoms with Gasteiger partial charge in [0, 0.05) is 18.2 Å². The number of azo groups is 2. The molecule has 32 heavy (non-hydrogen) atoms. The zero-order valence-corrected chi connectivity index (χ0v) is 18.7. The van der Waals surface area contributed by atoms with Crippen molar-refractivity contribution in [2.24, 2.45) is 20.5 Å². The highest BCUT2D eigenvalue weighted by Gasteiger charge is 2.13. The van der Waals surface area contributed by atoms with E-state index in [4.69, 9.17) is 4.74 Å². The van der Waals surface area contributed by atoms with Gasteiger partial charge < -0.3 is 4.74 Å². The second-order valence-corrected chi connectivity index (χ2v) is 8.28. The van der Waals surface area contributed by atoms with Crippen LogP contribution in [-0.2, 0) is 5.41 Å². The Morgan fingerprint density at radius 3 is 1.84 bits per heavy atom. The lowest BCUT2D eigenvalue weighted by molar-refractivity contribution is -0.384. The van der Waals surface area contributed by atoms with E-state index in [0.29, 0.717) is 22.8 Å². The van der Waals surface area contributed by atoms with Gasteiger partial charge in [-0.3, -0.25) is 10.1 Å². The lowest BCUT2D eigenvalue weighted by Gasteiger charge is -2.18. The van der Waals surface area contributed by atoms with Gasteiger partial charge in [0.05, 0.1) is 29.1 Å². The molecule has 0 aromatic heterocycles. The van der Waals surface area contributed by atoms with Gasteiger partial charge in [0.1, 0.15) is 11.4 Å². The summed E-state index contributed by atoms with van der Waals surface area (Å²) < 4.78 is 5.46. The molecule has 8 nitrogen and oxygen atoms in total. The van der Waals surface area contributed by atoms with E-state index in [1.165, 1.54) is 17.7 Å². The van der Waals surface area contributed by atoms with Crippen LogP contribution in [0.2, 0.25) is 0 Å². The minimum atomic E-state index is -0.456. The first kappa shape index (κ1) is 22.7. The van der Waals surface area contributed by atoms with E-state index in [1.807, 2.05) is 25.1 Å². The summed E-state index contributed by atoms with van der Waals surface area (Å²) in [6.07, 6.45) is 0. The van der Waals surface area contributed by atoms with Crippen molar-refractivity contribution in [2.45, 2.75) is 33.1 Å². The number of aryl methyl sites for hydroxylation is 1. The molecule has 0 atom stereocenters. The lowest BCUT2D eigenvalue weighted by Crippen LogP contribution is -2.10. The van der Waals surface area contributed by atoms with Crippen LogP contribution >= 0.6 is 0 Å².